The molecule has 1 N–H and O–H groups in total. The Morgan fingerprint density at radius 1 is 1.26 bits per heavy atom. The summed E-state index contributed by atoms with van der Waals surface area (Å²) >= 11 is -0.198. The van der Waals surface area contributed by atoms with Gasteiger partial charge in [-0.05, 0) is 0 Å². The molecule has 0 amide bonds. The van der Waals surface area contributed by atoms with Crippen LogP contribution in [0.3, 0.4) is 0 Å². The number of fused-ring (bicyclic) bond motifs is 1. The number of rotatable bonds is 6. The number of benzene rings is 1. The zero-order chi connectivity index (χ0) is 16.3. The van der Waals surface area contributed by atoms with Crippen molar-refractivity contribution in [3.05, 3.63) is 59.9 Å². The molecule has 1 aromatic carbocycles. The summed E-state index contributed by atoms with van der Waals surface area (Å²) in [4.78, 5) is 16.6. The number of hydrogen-bond donors (Lipinski definition) is 1. The van der Waals surface area contributed by atoms with Gasteiger partial charge in [0.2, 0.25) is 0 Å². The zero-order valence-corrected chi connectivity index (χ0v) is 14.8. The third kappa shape index (κ3) is 3.32. The SMILES string of the molecule is CCCCN1[Se]C(O)(CC(=O)c2ccccn2)c2ccccc21. The van der Waals surface area contributed by atoms with E-state index in [0.717, 1.165) is 30.6 Å². The van der Waals surface area contributed by atoms with Gasteiger partial charge in [0.1, 0.15) is 0 Å². The Kier molecular flexibility index (Phi) is 4.81. The van der Waals surface area contributed by atoms with E-state index in [1.54, 1.807) is 24.4 Å². The maximum absolute atomic E-state index is 12.5. The number of unbranched alkanes of at least 4 members (excludes halogenated alkanes) is 1. The van der Waals surface area contributed by atoms with E-state index in [0.29, 0.717) is 5.69 Å². The van der Waals surface area contributed by atoms with Crippen LogP contribution in [0.1, 0.15) is 42.2 Å². The summed E-state index contributed by atoms with van der Waals surface area (Å²) in [5.74, 6) is -0.109. The molecule has 120 valence electrons. The van der Waals surface area contributed by atoms with Crippen LogP contribution < -0.4 is 3.92 Å². The molecule has 5 heteroatoms. The number of pyridine rings is 1. The number of carbonyl (C=O) groups excluding carboxylic acids is 1. The van der Waals surface area contributed by atoms with E-state index in [-0.39, 0.29) is 27.4 Å². The number of nitrogens with zero attached hydrogens (tertiary/aromatic N) is 2. The van der Waals surface area contributed by atoms with Crippen LogP contribution in [-0.2, 0) is 4.50 Å². The summed E-state index contributed by atoms with van der Waals surface area (Å²) in [6, 6.07) is 13.2. The average molecular weight is 375 g/mol. The molecular formula is C18H20N2O2Se. The average Bonchev–Trinajstić information content (AvgIpc) is 2.86. The number of hydrogen-bond acceptors (Lipinski definition) is 4. The number of ketones is 1. The first-order chi connectivity index (χ1) is 11.1. The second-order valence-corrected chi connectivity index (χ2v) is 8.39. The first-order valence-electron chi connectivity index (χ1n) is 7.87. The van der Waals surface area contributed by atoms with Gasteiger partial charge >= 0.3 is 143 Å². The molecule has 0 fully saturated rings. The number of aliphatic hydroxyl groups is 1. The van der Waals surface area contributed by atoms with Crippen LogP contribution in [0.2, 0.25) is 0 Å². The Labute approximate surface area is 142 Å². The van der Waals surface area contributed by atoms with Crippen LogP contribution in [0, 0.1) is 0 Å². The van der Waals surface area contributed by atoms with Gasteiger partial charge in [0.15, 0.2) is 0 Å². The molecule has 1 aromatic heterocycles. The standard InChI is InChI=1S/C18H20N2O2Se/c1-2-3-12-20-16-10-5-4-8-14(16)18(22,23-20)13-17(21)15-9-6-7-11-19-15/h4-11,22H,2-3,12-13H2,1H3. The van der Waals surface area contributed by atoms with E-state index in [4.69, 9.17) is 0 Å². The molecule has 2 heterocycles. The van der Waals surface area contributed by atoms with E-state index in [9.17, 15) is 9.90 Å². The molecule has 3 rings (SSSR count). The number of para-hydroxylation sites is 1. The first-order valence-corrected chi connectivity index (χ1v) is 9.49. The van der Waals surface area contributed by atoms with Gasteiger partial charge in [-0.25, -0.2) is 0 Å². The maximum atomic E-state index is 12.5. The predicted octanol–water partition coefficient (Wildman–Crippen LogP) is 2.74. The molecule has 0 radical (unpaired) electrons. The Balaban J connectivity index is 1.85. The van der Waals surface area contributed by atoms with Crippen molar-refractivity contribution >= 4 is 26.6 Å². The van der Waals surface area contributed by atoms with Crippen molar-refractivity contribution in [2.45, 2.75) is 30.7 Å². The third-order valence-corrected chi connectivity index (χ3v) is 6.58. The monoisotopic (exact) mass is 376 g/mol. The molecule has 4 nitrogen and oxygen atoms in total. The van der Waals surface area contributed by atoms with Gasteiger partial charge in [0, 0.05) is 0 Å². The summed E-state index contributed by atoms with van der Waals surface area (Å²) < 4.78 is 1.17. The van der Waals surface area contributed by atoms with Gasteiger partial charge in [0.05, 0.1) is 0 Å². The Morgan fingerprint density at radius 3 is 2.78 bits per heavy atom. The molecular weight excluding hydrogens is 355 g/mol. The Morgan fingerprint density at radius 2 is 2.04 bits per heavy atom. The van der Waals surface area contributed by atoms with Crippen LogP contribution in [0.4, 0.5) is 5.69 Å². The van der Waals surface area contributed by atoms with Gasteiger partial charge in [-0.1, -0.05) is 0 Å². The minimum atomic E-state index is -1.08. The van der Waals surface area contributed by atoms with E-state index < -0.39 is 4.50 Å². The van der Waals surface area contributed by atoms with Gasteiger partial charge in [0.25, 0.3) is 0 Å². The van der Waals surface area contributed by atoms with E-state index in [1.807, 2.05) is 24.3 Å². The van der Waals surface area contributed by atoms with Crippen molar-refractivity contribution in [2.24, 2.45) is 0 Å². The molecule has 0 saturated carbocycles. The molecule has 0 bridgehead atoms. The first kappa shape index (κ1) is 16.2. The van der Waals surface area contributed by atoms with E-state index in [2.05, 4.69) is 15.8 Å². The molecule has 0 aliphatic carbocycles. The minimum absolute atomic E-state index is 0.0870. The number of anilines is 1. The van der Waals surface area contributed by atoms with Gasteiger partial charge in [-0.2, -0.15) is 0 Å². The van der Waals surface area contributed by atoms with Gasteiger partial charge in [-0.3, -0.25) is 0 Å². The Hall–Kier alpha value is -1.68. The summed E-state index contributed by atoms with van der Waals surface area (Å²) in [5, 5.41) is 11.2. The Bertz CT molecular complexity index is 692. The summed E-state index contributed by atoms with van der Waals surface area (Å²) in [7, 11) is 0. The quantitative estimate of drug-likeness (QED) is 0.623. The normalized spacial score (nSPS) is 19.7. The second-order valence-electron chi connectivity index (χ2n) is 5.66. The van der Waals surface area contributed by atoms with E-state index >= 15 is 0 Å². The number of aromatic nitrogens is 1. The molecule has 0 saturated heterocycles. The fourth-order valence-corrected chi connectivity index (χ4v) is 5.48. The van der Waals surface area contributed by atoms with Crippen molar-refractivity contribution in [1.82, 2.24) is 4.98 Å². The molecule has 1 aliphatic rings. The summed E-state index contributed by atoms with van der Waals surface area (Å²) in [5.41, 5.74) is 2.36. The molecule has 1 atom stereocenters. The van der Waals surface area contributed by atoms with Crippen LogP contribution in [0.15, 0.2) is 48.7 Å². The van der Waals surface area contributed by atoms with Gasteiger partial charge < -0.3 is 0 Å². The summed E-state index contributed by atoms with van der Waals surface area (Å²) in [6.45, 7) is 3.08. The zero-order valence-electron chi connectivity index (χ0n) is 13.1. The number of Topliss-reactive ketones (excluding diaryl/α,β-unsaturated/α-hetero) is 1. The van der Waals surface area contributed by atoms with Crippen molar-refractivity contribution in [2.75, 3.05) is 10.5 Å². The number of carbonyl (C=O) groups is 1. The van der Waals surface area contributed by atoms with Crippen molar-refractivity contribution < 1.29 is 9.90 Å². The molecule has 1 unspecified atom stereocenters. The van der Waals surface area contributed by atoms with Gasteiger partial charge in [-0.15, -0.1) is 0 Å². The summed E-state index contributed by atoms with van der Waals surface area (Å²) in [6.07, 6.45) is 3.89. The fourth-order valence-electron chi connectivity index (χ4n) is 2.73. The van der Waals surface area contributed by atoms with Crippen LogP contribution >= 0.6 is 0 Å². The molecule has 1 aliphatic heterocycles. The molecule has 0 spiro atoms. The third-order valence-electron chi connectivity index (χ3n) is 3.92. The van der Waals surface area contributed by atoms with Crippen molar-refractivity contribution in [3.63, 3.8) is 0 Å². The van der Waals surface area contributed by atoms with Crippen molar-refractivity contribution in [3.8, 4) is 0 Å². The van der Waals surface area contributed by atoms with Crippen LogP contribution in [0.25, 0.3) is 0 Å². The molecule has 2 aromatic rings. The van der Waals surface area contributed by atoms with Crippen LogP contribution in [-0.4, -0.2) is 37.6 Å². The second kappa shape index (κ2) is 6.83. The molecule has 23 heavy (non-hydrogen) atoms. The topological polar surface area (TPSA) is 53.4 Å². The predicted molar refractivity (Wildman–Crippen MR) is 91.5 cm³/mol. The van der Waals surface area contributed by atoms with Crippen molar-refractivity contribution in [1.29, 1.82) is 0 Å². The van der Waals surface area contributed by atoms with Crippen LogP contribution in [0.5, 0.6) is 0 Å². The van der Waals surface area contributed by atoms with E-state index in [1.165, 1.54) is 0 Å². The fraction of sp³-hybridized carbons (Fsp3) is 0.333.